The highest BCUT2D eigenvalue weighted by molar-refractivity contribution is 8.14. The number of benzene rings is 3. The van der Waals surface area contributed by atoms with E-state index in [9.17, 15) is 35.8 Å². The molecular formula is C31H27F7N6OS. The number of nitrogens with zero attached hydrogens (tertiary/aromatic N) is 6. The van der Waals surface area contributed by atoms with Gasteiger partial charge in [-0.3, -0.25) is 4.90 Å². The minimum Gasteiger partial charge on any atom is -0.370 e. The first-order valence-electron chi connectivity index (χ1n) is 13.8. The van der Waals surface area contributed by atoms with Crippen LogP contribution in [0.4, 0.5) is 36.4 Å². The van der Waals surface area contributed by atoms with E-state index in [1.54, 1.807) is 36.1 Å². The van der Waals surface area contributed by atoms with Crippen molar-refractivity contribution in [3.63, 3.8) is 0 Å². The van der Waals surface area contributed by atoms with Gasteiger partial charge in [-0.15, -0.1) is 10.2 Å². The van der Waals surface area contributed by atoms with Gasteiger partial charge < -0.3 is 5.11 Å². The van der Waals surface area contributed by atoms with E-state index in [1.807, 2.05) is 24.3 Å². The van der Waals surface area contributed by atoms with Gasteiger partial charge in [0.25, 0.3) is 0 Å². The number of anilines is 1. The Labute approximate surface area is 263 Å². The molecule has 46 heavy (non-hydrogen) atoms. The Morgan fingerprint density at radius 1 is 0.913 bits per heavy atom. The fraction of sp³-hybridized carbons (Fsp3) is 0.290. The predicted octanol–water partition coefficient (Wildman–Crippen LogP) is 8.00. The molecule has 3 aromatic carbocycles. The van der Waals surface area contributed by atoms with Crippen molar-refractivity contribution >= 4 is 28.8 Å². The van der Waals surface area contributed by atoms with Gasteiger partial charge in [0.2, 0.25) is 0 Å². The van der Waals surface area contributed by atoms with Crippen LogP contribution in [0.3, 0.4) is 0 Å². The van der Waals surface area contributed by atoms with Gasteiger partial charge in [-0.1, -0.05) is 80.2 Å². The maximum Gasteiger partial charge on any atom is 0.435 e. The van der Waals surface area contributed by atoms with Crippen molar-refractivity contribution in [2.24, 2.45) is 10.2 Å². The molecule has 7 nitrogen and oxygen atoms in total. The first-order chi connectivity index (χ1) is 21.5. The lowest BCUT2D eigenvalue weighted by atomic mass is 9.94. The molecule has 1 aliphatic rings. The Kier molecular flexibility index (Phi) is 8.77. The minimum atomic E-state index is -6.20. The van der Waals surface area contributed by atoms with E-state index in [0.717, 1.165) is 28.1 Å². The summed E-state index contributed by atoms with van der Waals surface area (Å²) in [6.07, 6.45) is -9.64. The van der Waals surface area contributed by atoms with Gasteiger partial charge in [-0.05, 0) is 42.2 Å². The van der Waals surface area contributed by atoms with Crippen LogP contribution in [0.2, 0.25) is 0 Å². The number of para-hydroxylation sites is 1. The predicted molar refractivity (Wildman–Crippen MR) is 163 cm³/mol. The summed E-state index contributed by atoms with van der Waals surface area (Å²) in [6, 6.07) is 17.3. The first-order valence-corrected chi connectivity index (χ1v) is 14.8. The average molecular weight is 665 g/mol. The molecule has 0 bridgehead atoms. The molecule has 1 unspecified atom stereocenters. The zero-order chi connectivity index (χ0) is 33.5. The number of aromatic nitrogens is 3. The Balaban J connectivity index is 1.31. The van der Waals surface area contributed by atoms with Crippen LogP contribution in [0.1, 0.15) is 43.4 Å². The van der Waals surface area contributed by atoms with Gasteiger partial charge in [0, 0.05) is 22.6 Å². The van der Waals surface area contributed by atoms with E-state index in [1.165, 1.54) is 24.3 Å². The Morgan fingerprint density at radius 3 is 2.15 bits per heavy atom. The van der Waals surface area contributed by atoms with Gasteiger partial charge in [0.05, 0.1) is 11.9 Å². The van der Waals surface area contributed by atoms with Crippen molar-refractivity contribution in [2.75, 3.05) is 10.7 Å². The van der Waals surface area contributed by atoms with E-state index in [-0.39, 0.29) is 17.4 Å². The Hall–Kier alpha value is -4.24. The van der Waals surface area contributed by atoms with Crippen molar-refractivity contribution in [1.82, 2.24) is 14.8 Å². The maximum atomic E-state index is 14.3. The van der Waals surface area contributed by atoms with Gasteiger partial charge >= 0.3 is 18.0 Å². The molecule has 4 aromatic rings. The fourth-order valence-corrected chi connectivity index (χ4v) is 5.93. The zero-order valence-corrected chi connectivity index (χ0v) is 25.4. The number of hydrogen-bond donors (Lipinski definition) is 1. The molecule has 0 radical (unpaired) electrons. The second-order valence-corrected chi connectivity index (χ2v) is 12.0. The third-order valence-corrected chi connectivity index (χ3v) is 8.48. The van der Waals surface area contributed by atoms with Crippen molar-refractivity contribution in [3.8, 4) is 17.1 Å². The van der Waals surface area contributed by atoms with Crippen LogP contribution in [-0.2, 0) is 5.67 Å². The number of amidine groups is 1. The molecule has 2 heterocycles. The summed E-state index contributed by atoms with van der Waals surface area (Å²) < 4.78 is 93.9. The summed E-state index contributed by atoms with van der Waals surface area (Å²) >= 11 is 1.39. The second kappa shape index (κ2) is 12.2. The lowest BCUT2D eigenvalue weighted by Gasteiger charge is -2.32. The molecule has 1 atom stereocenters. The molecule has 5 rings (SSSR count). The third-order valence-electron chi connectivity index (χ3n) is 7.27. The largest absolute Gasteiger partial charge is 0.435 e. The minimum absolute atomic E-state index is 0.0749. The van der Waals surface area contributed by atoms with Crippen LogP contribution < -0.4 is 4.90 Å². The van der Waals surface area contributed by atoms with Gasteiger partial charge in [0.1, 0.15) is 6.33 Å². The molecule has 15 heteroatoms. The van der Waals surface area contributed by atoms with Crippen molar-refractivity contribution in [3.05, 3.63) is 95.8 Å². The summed E-state index contributed by atoms with van der Waals surface area (Å²) in [5.74, 6) is 0.854. The van der Waals surface area contributed by atoms with Crippen molar-refractivity contribution < 1.29 is 35.8 Å². The molecule has 242 valence electrons. The fourth-order valence-electron chi connectivity index (χ4n) is 4.87. The number of thioether (sulfide) groups is 1. The summed E-state index contributed by atoms with van der Waals surface area (Å²) in [7, 11) is 0. The van der Waals surface area contributed by atoms with Gasteiger partial charge in [-0.25, -0.2) is 14.1 Å². The van der Waals surface area contributed by atoms with Crippen LogP contribution in [0.25, 0.3) is 17.1 Å². The number of rotatable bonds is 7. The zero-order valence-electron chi connectivity index (χ0n) is 24.6. The highest BCUT2D eigenvalue weighted by Gasteiger charge is 2.73. The van der Waals surface area contributed by atoms with Crippen molar-refractivity contribution in [2.45, 2.75) is 50.4 Å². The summed E-state index contributed by atoms with van der Waals surface area (Å²) in [5, 5.41) is 24.5. The van der Waals surface area contributed by atoms with E-state index in [0.29, 0.717) is 34.2 Å². The Bertz CT molecular complexity index is 1730. The third kappa shape index (κ3) is 6.25. The normalized spacial score (nSPS) is 18.8. The summed E-state index contributed by atoms with van der Waals surface area (Å²) in [4.78, 5) is 5.94. The van der Waals surface area contributed by atoms with Crippen LogP contribution in [0, 0.1) is 0 Å². The average Bonchev–Trinajstić information content (AvgIpc) is 3.60. The van der Waals surface area contributed by atoms with E-state index in [4.69, 9.17) is 0 Å². The SMILES string of the molecule is CC(C)c1ccccc1N1C(=NN=Cc2ccc(-c3ncn(-c4ccc(C(F)(C(F)(F)F)C(F)(F)F)cc4)n3)cc2)SCC1(C)O. The first kappa shape index (κ1) is 33.1. The topological polar surface area (TPSA) is 78.9 Å². The van der Waals surface area contributed by atoms with E-state index >= 15 is 0 Å². The van der Waals surface area contributed by atoms with Gasteiger partial charge in [-0.2, -0.15) is 31.4 Å². The molecule has 1 aliphatic heterocycles. The molecule has 0 spiro atoms. The van der Waals surface area contributed by atoms with Crippen LogP contribution in [0.5, 0.6) is 0 Å². The molecule has 0 saturated carbocycles. The lowest BCUT2D eigenvalue weighted by Crippen LogP contribution is -2.50. The van der Waals surface area contributed by atoms with Gasteiger partial charge in [0.15, 0.2) is 16.7 Å². The standard InChI is InChI=1S/C31H27F7N6OS/c1-19(2)24-6-4-5-7-25(24)44-27(46-17-28(44,3)45)41-40-16-20-8-10-21(11-9-20)26-39-18-43(42-26)23-14-12-22(13-15-23)29(32,30(33,34)35)31(36,37)38/h4-16,18-19,45H,17H2,1-3H3. The van der Waals surface area contributed by atoms with Crippen LogP contribution in [-0.4, -0.2) is 55.1 Å². The Morgan fingerprint density at radius 2 is 1.54 bits per heavy atom. The lowest BCUT2D eigenvalue weighted by molar-refractivity contribution is -0.348. The van der Waals surface area contributed by atoms with Crippen molar-refractivity contribution in [1.29, 1.82) is 0 Å². The smallest absolute Gasteiger partial charge is 0.370 e. The number of aliphatic hydroxyl groups is 1. The number of hydrogen-bond acceptors (Lipinski definition) is 6. The summed E-state index contributed by atoms with van der Waals surface area (Å²) in [6.45, 7) is 5.87. The number of halogens is 7. The molecule has 1 aromatic heterocycles. The highest BCUT2D eigenvalue weighted by Crippen LogP contribution is 2.53. The molecular weight excluding hydrogens is 637 g/mol. The maximum absolute atomic E-state index is 14.3. The molecule has 1 N–H and O–H groups in total. The highest BCUT2D eigenvalue weighted by atomic mass is 32.2. The second-order valence-electron chi connectivity index (χ2n) is 11.0. The molecule has 1 fully saturated rings. The van der Waals surface area contributed by atoms with Crippen LogP contribution >= 0.6 is 11.8 Å². The summed E-state index contributed by atoms with van der Waals surface area (Å²) in [5.41, 5.74) is -5.02. The molecule has 1 saturated heterocycles. The molecule has 0 amide bonds. The van der Waals surface area contributed by atoms with Crippen LogP contribution in [0.15, 0.2) is 89.3 Å². The molecule has 0 aliphatic carbocycles. The number of alkyl halides is 7. The van der Waals surface area contributed by atoms with E-state index in [2.05, 4.69) is 34.1 Å². The van der Waals surface area contributed by atoms with E-state index < -0.39 is 29.3 Å². The quantitative estimate of drug-likeness (QED) is 0.123. The monoisotopic (exact) mass is 664 g/mol.